The second-order valence-corrected chi connectivity index (χ2v) is 10.5. The lowest BCUT2D eigenvalue weighted by Crippen LogP contribution is -2.44. The predicted octanol–water partition coefficient (Wildman–Crippen LogP) is 6.04. The first kappa shape index (κ1) is 22.9. The van der Waals surface area contributed by atoms with Crippen LogP contribution >= 0.6 is 0 Å². The molecule has 3 aliphatic carbocycles. The van der Waals surface area contributed by atoms with E-state index in [4.69, 9.17) is 9.47 Å². The normalized spacial score (nSPS) is 29.9. The highest BCUT2D eigenvalue weighted by molar-refractivity contribution is 5.88. The number of fused-ring (bicyclic) bond motifs is 5. The van der Waals surface area contributed by atoms with E-state index < -0.39 is 0 Å². The summed E-state index contributed by atoms with van der Waals surface area (Å²) in [5, 5.41) is 0. The van der Waals surface area contributed by atoms with E-state index in [1.807, 2.05) is 24.3 Å². The second kappa shape index (κ2) is 9.40. The number of hydrogen-bond acceptors (Lipinski definition) is 4. The van der Waals surface area contributed by atoms with E-state index in [0.29, 0.717) is 42.5 Å². The summed E-state index contributed by atoms with van der Waals surface area (Å²) >= 11 is 0. The Morgan fingerprint density at radius 1 is 1.15 bits per heavy atom. The van der Waals surface area contributed by atoms with Crippen LogP contribution in [0.4, 0.5) is 0 Å². The van der Waals surface area contributed by atoms with Gasteiger partial charge >= 0.3 is 5.97 Å². The third-order valence-electron chi connectivity index (χ3n) is 8.68. The molecule has 0 N–H and O–H groups in total. The van der Waals surface area contributed by atoms with Crippen molar-refractivity contribution in [1.29, 1.82) is 0 Å². The first-order chi connectivity index (χ1) is 16.5. The van der Waals surface area contributed by atoms with Gasteiger partial charge in [-0.1, -0.05) is 49.4 Å². The van der Waals surface area contributed by atoms with Crippen molar-refractivity contribution in [2.24, 2.45) is 23.2 Å². The zero-order valence-electron chi connectivity index (χ0n) is 20.2. The van der Waals surface area contributed by atoms with Gasteiger partial charge in [-0.05, 0) is 84.6 Å². The molecule has 2 aromatic rings. The molecule has 4 nitrogen and oxygen atoms in total. The molecule has 2 aromatic carbocycles. The number of carbonyl (C=O) groups is 2. The number of carbonyl (C=O) groups excluding carboxylic acids is 2. The molecule has 0 aromatic heterocycles. The Morgan fingerprint density at radius 2 is 1.97 bits per heavy atom. The van der Waals surface area contributed by atoms with Crippen LogP contribution in [0.3, 0.4) is 0 Å². The summed E-state index contributed by atoms with van der Waals surface area (Å²) in [6.07, 6.45) is 9.00. The van der Waals surface area contributed by atoms with E-state index in [1.54, 1.807) is 0 Å². The van der Waals surface area contributed by atoms with Gasteiger partial charge in [0.2, 0.25) is 0 Å². The van der Waals surface area contributed by atoms with Gasteiger partial charge in [0.1, 0.15) is 18.1 Å². The van der Waals surface area contributed by atoms with E-state index in [0.717, 1.165) is 37.9 Å². The number of rotatable bonds is 6. The molecule has 0 bridgehead atoms. The average molecular weight is 459 g/mol. The van der Waals surface area contributed by atoms with Crippen molar-refractivity contribution < 1.29 is 19.1 Å². The van der Waals surface area contributed by atoms with Crippen molar-refractivity contribution in [2.75, 3.05) is 7.11 Å². The molecular formula is C30H34O4. The smallest absolute Gasteiger partial charge is 0.330 e. The minimum Gasteiger partial charge on any atom is -0.489 e. The summed E-state index contributed by atoms with van der Waals surface area (Å²) in [4.78, 5) is 24.6. The summed E-state index contributed by atoms with van der Waals surface area (Å²) < 4.78 is 10.8. The molecule has 0 unspecified atom stereocenters. The van der Waals surface area contributed by atoms with Gasteiger partial charge in [-0.15, -0.1) is 0 Å². The maximum Gasteiger partial charge on any atom is 0.330 e. The Morgan fingerprint density at radius 3 is 2.76 bits per heavy atom. The number of aryl methyl sites for hydroxylation is 1. The Balaban J connectivity index is 1.34. The van der Waals surface area contributed by atoms with Crippen molar-refractivity contribution >= 4 is 11.8 Å². The van der Waals surface area contributed by atoms with Gasteiger partial charge < -0.3 is 9.47 Å². The maximum atomic E-state index is 13.1. The number of ketones is 1. The first-order valence-corrected chi connectivity index (χ1v) is 12.6. The van der Waals surface area contributed by atoms with Crippen LogP contribution in [-0.2, 0) is 27.4 Å². The van der Waals surface area contributed by atoms with Crippen molar-refractivity contribution in [3.05, 3.63) is 77.4 Å². The molecule has 4 heteroatoms. The van der Waals surface area contributed by atoms with E-state index in [1.165, 1.54) is 29.9 Å². The largest absolute Gasteiger partial charge is 0.489 e. The highest BCUT2D eigenvalue weighted by Crippen LogP contribution is 2.62. The van der Waals surface area contributed by atoms with Gasteiger partial charge in [0, 0.05) is 17.9 Å². The zero-order chi connectivity index (χ0) is 23.7. The summed E-state index contributed by atoms with van der Waals surface area (Å²) in [7, 11) is 1.40. The minimum atomic E-state index is -0.328. The fourth-order valence-electron chi connectivity index (χ4n) is 7.07. The third kappa shape index (κ3) is 4.19. The molecule has 0 aliphatic heterocycles. The second-order valence-electron chi connectivity index (χ2n) is 10.5. The first-order valence-electron chi connectivity index (χ1n) is 12.6. The molecule has 3 aliphatic rings. The predicted molar refractivity (Wildman–Crippen MR) is 131 cm³/mol. The van der Waals surface area contributed by atoms with Crippen LogP contribution < -0.4 is 4.74 Å². The number of Topliss-reactive ketones (excluding diaryl/α,β-unsaturated/α-hetero) is 1. The summed E-state index contributed by atoms with van der Waals surface area (Å²) in [5.74, 6) is 2.73. The third-order valence-corrected chi connectivity index (χ3v) is 8.68. The average Bonchev–Trinajstić information content (AvgIpc) is 3.12. The van der Waals surface area contributed by atoms with Crippen molar-refractivity contribution in [1.82, 2.24) is 0 Å². The summed E-state index contributed by atoms with van der Waals surface area (Å²) in [6, 6.07) is 16.9. The van der Waals surface area contributed by atoms with Crippen LogP contribution in [-0.4, -0.2) is 18.9 Å². The van der Waals surface area contributed by atoms with Crippen LogP contribution in [0.2, 0.25) is 0 Å². The van der Waals surface area contributed by atoms with Gasteiger partial charge in [0.25, 0.3) is 0 Å². The quantitative estimate of drug-likeness (QED) is 0.391. The van der Waals surface area contributed by atoms with Crippen molar-refractivity contribution in [3.8, 4) is 5.75 Å². The van der Waals surface area contributed by atoms with E-state index in [2.05, 4.69) is 37.3 Å². The lowest BCUT2D eigenvalue weighted by Gasteiger charge is -2.49. The molecule has 178 valence electrons. The van der Waals surface area contributed by atoms with Gasteiger partial charge in [-0.3, -0.25) is 4.79 Å². The molecule has 0 saturated heterocycles. The molecular weight excluding hydrogens is 424 g/mol. The van der Waals surface area contributed by atoms with Gasteiger partial charge in [-0.2, -0.15) is 0 Å². The fraction of sp³-hybridized carbons (Fsp3) is 0.467. The zero-order valence-corrected chi connectivity index (χ0v) is 20.2. The van der Waals surface area contributed by atoms with Crippen LogP contribution in [0.25, 0.3) is 0 Å². The van der Waals surface area contributed by atoms with E-state index >= 15 is 0 Å². The lowest BCUT2D eigenvalue weighted by molar-refractivity contribution is -0.135. The molecule has 2 saturated carbocycles. The number of ether oxygens (including phenoxy) is 2. The van der Waals surface area contributed by atoms with Crippen LogP contribution in [0, 0.1) is 23.2 Å². The van der Waals surface area contributed by atoms with Crippen molar-refractivity contribution in [3.63, 3.8) is 0 Å². The lowest BCUT2D eigenvalue weighted by atomic mass is 9.54. The topological polar surface area (TPSA) is 52.6 Å². The van der Waals surface area contributed by atoms with Gasteiger partial charge in [0.05, 0.1) is 7.11 Å². The Kier molecular flexibility index (Phi) is 6.33. The fourth-order valence-corrected chi connectivity index (χ4v) is 7.07. The Labute approximate surface area is 202 Å². The highest BCUT2D eigenvalue weighted by Gasteiger charge is 2.58. The SMILES string of the molecule is COC(=O)/C=C/C[C@H]1CC(=O)[C@@]2(C)CC[C@@H]3c4ccc(OCc5ccccc5)cc4CC[C@H]3[C@H]12. The maximum absolute atomic E-state index is 13.1. The molecule has 34 heavy (non-hydrogen) atoms. The van der Waals surface area contributed by atoms with Gasteiger partial charge in [-0.25, -0.2) is 4.79 Å². The minimum absolute atomic E-state index is 0.221. The van der Waals surface area contributed by atoms with E-state index in [9.17, 15) is 9.59 Å². The molecule has 2 fully saturated rings. The monoisotopic (exact) mass is 458 g/mol. The van der Waals surface area contributed by atoms with Crippen LogP contribution in [0.1, 0.15) is 61.6 Å². The molecule has 5 rings (SSSR count). The summed E-state index contributed by atoms with van der Waals surface area (Å²) in [6.45, 7) is 2.78. The highest BCUT2D eigenvalue weighted by atomic mass is 16.5. The number of esters is 1. The Hall–Kier alpha value is -2.88. The molecule has 0 heterocycles. The molecule has 0 radical (unpaired) electrons. The standard InChI is InChI=1S/C30H34O4/c1-30-16-15-25-24-14-12-23(34-19-20-7-4-3-5-8-20)17-21(24)11-13-26(25)29(30)22(18-27(30)31)9-6-10-28(32)33-2/h3-8,10,12,14,17,22,25-26,29H,9,11,13,15-16,18-19H2,1-2H3/b10-6+/t22-,25+,26+,29-,30+/m0/s1. The van der Waals surface area contributed by atoms with Crippen LogP contribution in [0.15, 0.2) is 60.7 Å². The molecule has 0 spiro atoms. The number of methoxy groups -OCH3 is 1. The van der Waals surface area contributed by atoms with Gasteiger partial charge in [0.15, 0.2) is 0 Å². The number of benzene rings is 2. The Bertz CT molecular complexity index is 1090. The van der Waals surface area contributed by atoms with Crippen molar-refractivity contribution in [2.45, 2.75) is 58.0 Å². The number of hydrogen-bond donors (Lipinski definition) is 0. The van der Waals surface area contributed by atoms with Crippen LogP contribution in [0.5, 0.6) is 5.75 Å². The van der Waals surface area contributed by atoms with E-state index in [-0.39, 0.29) is 11.4 Å². The molecule has 5 atom stereocenters. The number of allylic oxidation sites excluding steroid dienone is 1. The molecule has 0 amide bonds. The summed E-state index contributed by atoms with van der Waals surface area (Å²) in [5.41, 5.74) is 3.81.